The highest BCUT2D eigenvalue weighted by Crippen LogP contribution is 2.40. The number of nitrogens with zero attached hydrogens (tertiary/aromatic N) is 4. The zero-order chi connectivity index (χ0) is 32.0. The summed E-state index contributed by atoms with van der Waals surface area (Å²) in [7, 11) is 0. The van der Waals surface area contributed by atoms with Crippen molar-refractivity contribution < 1.29 is 0 Å². The lowest BCUT2D eigenvalue weighted by atomic mass is 9.80. The Balaban J connectivity index is 1.33. The highest BCUT2D eigenvalue weighted by molar-refractivity contribution is 5.88. The van der Waals surface area contributed by atoms with Crippen LogP contribution in [0, 0.1) is 0 Å². The molecule has 0 amide bonds. The maximum Gasteiger partial charge on any atom is 0.164 e. The molecule has 228 valence electrons. The van der Waals surface area contributed by atoms with Crippen molar-refractivity contribution in [2.75, 3.05) is 0 Å². The first-order valence-corrected chi connectivity index (χ1v) is 16.4. The smallest absolute Gasteiger partial charge is 0.164 e. The lowest BCUT2D eigenvalue weighted by Crippen LogP contribution is -2.15. The Hall–Kier alpha value is -5.61. The van der Waals surface area contributed by atoms with Gasteiger partial charge in [0, 0.05) is 39.1 Å². The number of fused-ring (bicyclic) bond motifs is 4. The lowest BCUT2D eigenvalue weighted by molar-refractivity contribution is 0.671. The zero-order valence-electron chi connectivity index (χ0n) is 27.0. The Bertz CT molecular complexity index is 2160. The highest BCUT2D eigenvalue weighted by Gasteiger charge is 2.27. The summed E-state index contributed by atoms with van der Waals surface area (Å²) >= 11 is 0. The second-order valence-corrected chi connectivity index (χ2v) is 13.0. The van der Waals surface area contributed by atoms with Crippen LogP contribution in [0.3, 0.4) is 0 Å². The van der Waals surface area contributed by atoms with E-state index in [4.69, 9.17) is 15.0 Å². The van der Waals surface area contributed by atoms with Gasteiger partial charge < -0.3 is 4.57 Å². The van der Waals surface area contributed by atoms with Crippen LogP contribution in [0.25, 0.3) is 63.7 Å². The number of benzene rings is 4. The predicted molar refractivity (Wildman–Crippen MR) is 195 cm³/mol. The van der Waals surface area contributed by atoms with E-state index in [1.165, 1.54) is 39.2 Å². The Morgan fingerprint density at radius 2 is 1.26 bits per heavy atom. The Kier molecular flexibility index (Phi) is 7.14. The maximum absolute atomic E-state index is 5.02. The average Bonchev–Trinajstić information content (AvgIpc) is 3.45. The third kappa shape index (κ3) is 5.26. The van der Waals surface area contributed by atoms with Gasteiger partial charge in [0.1, 0.15) is 0 Å². The Labute approximate surface area is 276 Å². The third-order valence-corrected chi connectivity index (χ3v) is 9.36. The molecule has 4 heteroatoms. The second kappa shape index (κ2) is 11.6. The molecule has 2 aliphatic carbocycles. The van der Waals surface area contributed by atoms with Gasteiger partial charge in [0.2, 0.25) is 0 Å². The van der Waals surface area contributed by atoms with Gasteiger partial charge in [-0.2, -0.15) is 0 Å². The Morgan fingerprint density at radius 3 is 1.96 bits per heavy atom. The van der Waals surface area contributed by atoms with Gasteiger partial charge in [0.15, 0.2) is 17.5 Å². The van der Waals surface area contributed by atoms with Crippen LogP contribution < -0.4 is 0 Å². The van der Waals surface area contributed by atoms with Gasteiger partial charge in [-0.05, 0) is 72.4 Å². The third-order valence-electron chi connectivity index (χ3n) is 9.36. The molecule has 0 spiro atoms. The second-order valence-electron chi connectivity index (χ2n) is 13.0. The quantitative estimate of drug-likeness (QED) is 0.200. The van der Waals surface area contributed by atoms with Crippen LogP contribution in [0.1, 0.15) is 60.8 Å². The van der Waals surface area contributed by atoms with Crippen molar-refractivity contribution in [2.24, 2.45) is 0 Å². The van der Waals surface area contributed by atoms with Gasteiger partial charge in [-0.15, -0.1) is 0 Å². The van der Waals surface area contributed by atoms with E-state index in [2.05, 4.69) is 104 Å². The molecule has 47 heavy (non-hydrogen) atoms. The minimum Gasteiger partial charge on any atom is -0.310 e. The summed E-state index contributed by atoms with van der Waals surface area (Å²) in [6, 6.07) is 37.7. The van der Waals surface area contributed by atoms with Crippen molar-refractivity contribution in [3.05, 3.63) is 155 Å². The van der Waals surface area contributed by atoms with E-state index in [1.54, 1.807) is 0 Å². The summed E-state index contributed by atoms with van der Waals surface area (Å²) in [5, 5.41) is 0. The number of allylic oxidation sites excluding steroid dienone is 3. The van der Waals surface area contributed by atoms with Crippen LogP contribution in [0.4, 0.5) is 0 Å². The molecule has 0 aliphatic heterocycles. The molecule has 0 atom stereocenters. The Morgan fingerprint density at radius 1 is 0.638 bits per heavy atom. The van der Waals surface area contributed by atoms with Crippen molar-refractivity contribution in [3.63, 3.8) is 0 Å². The maximum atomic E-state index is 5.02. The van der Waals surface area contributed by atoms with Gasteiger partial charge in [0.05, 0.1) is 5.69 Å². The summed E-state index contributed by atoms with van der Waals surface area (Å²) in [6.45, 7) is 6.87. The number of hydrogen-bond acceptors (Lipinski definition) is 3. The molecule has 6 aromatic rings. The molecule has 2 heterocycles. The summed E-state index contributed by atoms with van der Waals surface area (Å²) in [5.74, 6) is 1.97. The summed E-state index contributed by atoms with van der Waals surface area (Å²) in [5.41, 5.74) is 12.9. The lowest BCUT2D eigenvalue weighted by Gasteiger charge is -2.24. The van der Waals surface area contributed by atoms with Gasteiger partial charge >= 0.3 is 0 Å². The van der Waals surface area contributed by atoms with E-state index < -0.39 is 0 Å². The number of hydrogen-bond donors (Lipinski definition) is 0. The monoisotopic (exact) mass is 608 g/mol. The largest absolute Gasteiger partial charge is 0.310 e. The van der Waals surface area contributed by atoms with Crippen LogP contribution >= 0.6 is 0 Å². The highest BCUT2D eigenvalue weighted by atomic mass is 15.0. The zero-order valence-corrected chi connectivity index (χ0v) is 27.0. The molecule has 0 radical (unpaired) electrons. The van der Waals surface area contributed by atoms with Gasteiger partial charge in [-0.3, -0.25) is 0 Å². The molecule has 2 aromatic heterocycles. The minimum atomic E-state index is -0.146. The molecule has 2 aliphatic rings. The first-order valence-electron chi connectivity index (χ1n) is 16.4. The molecule has 0 saturated heterocycles. The van der Waals surface area contributed by atoms with E-state index in [9.17, 15) is 0 Å². The van der Waals surface area contributed by atoms with E-state index in [1.807, 2.05) is 60.7 Å². The van der Waals surface area contributed by atoms with Crippen molar-refractivity contribution in [3.8, 4) is 39.9 Å². The number of rotatable bonds is 4. The first-order chi connectivity index (χ1) is 23.0. The fraction of sp³-hybridized carbons (Fsp3) is 0.140. The van der Waals surface area contributed by atoms with E-state index in [0.717, 1.165) is 35.2 Å². The SMILES string of the molecule is C/C1=C\c2c3c(n(-c4cccc(-c5nc(-c6ccccc6)nc(-c6ccccc6)n5)c4)c2/C=C/C(C)(C)c2ccccc21)C=CCC3. The minimum absolute atomic E-state index is 0.146. The van der Waals surface area contributed by atoms with Gasteiger partial charge in [-0.25, -0.2) is 15.0 Å². The van der Waals surface area contributed by atoms with Crippen LogP contribution in [0.2, 0.25) is 0 Å². The fourth-order valence-corrected chi connectivity index (χ4v) is 6.92. The van der Waals surface area contributed by atoms with E-state index >= 15 is 0 Å². The molecular formula is C43H36N4. The molecule has 0 saturated carbocycles. The van der Waals surface area contributed by atoms with Crippen LogP contribution in [0.5, 0.6) is 0 Å². The predicted octanol–water partition coefficient (Wildman–Crippen LogP) is 10.5. The van der Waals surface area contributed by atoms with Gasteiger partial charge in [-0.1, -0.05) is 123 Å². The van der Waals surface area contributed by atoms with Crippen molar-refractivity contribution in [2.45, 2.75) is 39.0 Å². The number of aromatic nitrogens is 4. The summed E-state index contributed by atoms with van der Waals surface area (Å²) in [4.78, 5) is 14.9. The molecular weight excluding hydrogens is 573 g/mol. The molecule has 4 nitrogen and oxygen atoms in total. The standard InChI is InChI=1S/C43H36N4/c1-29-27-36-35-22-11-13-24-38(35)47(39(36)25-26-43(2,3)37-23-12-10-21-34(29)37)33-20-14-19-32(28-33)42-45-40(30-15-6-4-7-16-30)44-41(46-42)31-17-8-5-9-18-31/h4-10,12-21,23-28H,11,22H2,1-3H3/b26-25+,29-27+. The average molecular weight is 609 g/mol. The van der Waals surface area contributed by atoms with E-state index in [0.29, 0.717) is 17.5 Å². The molecule has 8 rings (SSSR count). The summed E-state index contributed by atoms with van der Waals surface area (Å²) < 4.78 is 2.42. The molecule has 4 aromatic carbocycles. The molecule has 0 unspecified atom stereocenters. The normalized spacial score (nSPS) is 16.4. The van der Waals surface area contributed by atoms with Crippen LogP contribution in [-0.2, 0) is 11.8 Å². The molecule has 0 fully saturated rings. The topological polar surface area (TPSA) is 43.6 Å². The molecule has 0 N–H and O–H groups in total. The summed E-state index contributed by atoms with van der Waals surface area (Å²) in [6.07, 6.45) is 13.8. The van der Waals surface area contributed by atoms with Crippen molar-refractivity contribution in [1.29, 1.82) is 0 Å². The van der Waals surface area contributed by atoms with Crippen LogP contribution in [-0.4, -0.2) is 19.5 Å². The van der Waals surface area contributed by atoms with Crippen molar-refractivity contribution >= 4 is 23.8 Å². The van der Waals surface area contributed by atoms with E-state index in [-0.39, 0.29) is 5.41 Å². The van der Waals surface area contributed by atoms with Crippen molar-refractivity contribution in [1.82, 2.24) is 19.5 Å². The van der Waals surface area contributed by atoms with Gasteiger partial charge in [0.25, 0.3) is 0 Å². The van der Waals surface area contributed by atoms with Crippen LogP contribution in [0.15, 0.2) is 121 Å². The molecule has 0 bridgehead atoms. The first kappa shape index (κ1) is 28.8. The fourth-order valence-electron chi connectivity index (χ4n) is 6.92.